The first-order chi connectivity index (χ1) is 11.8. The minimum atomic E-state index is -0.793. The number of aromatic nitrogens is 2. The van der Waals surface area contributed by atoms with Crippen molar-refractivity contribution in [3.8, 4) is 0 Å². The molecule has 2 aliphatic heterocycles. The summed E-state index contributed by atoms with van der Waals surface area (Å²) in [4.78, 5) is 38.6. The summed E-state index contributed by atoms with van der Waals surface area (Å²) in [6.45, 7) is 6.48. The van der Waals surface area contributed by atoms with Crippen molar-refractivity contribution in [2.45, 2.75) is 38.8 Å². The predicted molar refractivity (Wildman–Crippen MR) is 94.3 cm³/mol. The quantitative estimate of drug-likeness (QED) is 0.787. The zero-order chi connectivity index (χ0) is 18.2. The first-order valence-electron chi connectivity index (χ1n) is 8.66. The Morgan fingerprint density at radius 3 is 2.64 bits per heavy atom. The van der Waals surface area contributed by atoms with Gasteiger partial charge in [0.15, 0.2) is 0 Å². The predicted octanol–water partition coefficient (Wildman–Crippen LogP) is 0.621. The normalized spacial score (nSPS) is 19.8. The molecule has 3 heterocycles. The van der Waals surface area contributed by atoms with Crippen LogP contribution in [0, 0.1) is 0 Å². The van der Waals surface area contributed by atoms with Crippen molar-refractivity contribution in [3.05, 3.63) is 17.6 Å². The maximum Gasteiger partial charge on any atom is 0.325 e. The number of urea groups is 1. The number of imide groups is 1. The second-order valence-corrected chi connectivity index (χ2v) is 7.41. The van der Waals surface area contributed by atoms with Crippen LogP contribution in [-0.4, -0.2) is 71.0 Å². The minimum absolute atomic E-state index is 0.148. The lowest BCUT2D eigenvalue weighted by Gasteiger charge is -2.30. The molecular formula is C17H26N6O2. The van der Waals surface area contributed by atoms with Gasteiger partial charge < -0.3 is 10.2 Å². The minimum Gasteiger partial charge on any atom is -0.362 e. The molecule has 0 aliphatic carbocycles. The SMILES string of the molecule is CN(C)c1ncnc2c1CN(CCCN1C(=O)NC(C)(C)C1=O)CC2. The molecule has 0 bridgehead atoms. The average molecular weight is 346 g/mol. The van der Waals surface area contributed by atoms with E-state index >= 15 is 0 Å². The number of amides is 3. The van der Waals surface area contributed by atoms with E-state index in [-0.39, 0.29) is 11.9 Å². The van der Waals surface area contributed by atoms with Crippen LogP contribution in [0.25, 0.3) is 0 Å². The van der Waals surface area contributed by atoms with Gasteiger partial charge in [-0.3, -0.25) is 14.6 Å². The molecule has 1 N–H and O–H groups in total. The summed E-state index contributed by atoms with van der Waals surface area (Å²) in [5.74, 6) is 0.815. The summed E-state index contributed by atoms with van der Waals surface area (Å²) in [6, 6.07) is -0.290. The Kier molecular flexibility index (Phi) is 4.64. The van der Waals surface area contributed by atoms with Crippen LogP contribution in [0.3, 0.4) is 0 Å². The van der Waals surface area contributed by atoms with E-state index in [1.54, 1.807) is 20.2 Å². The lowest BCUT2D eigenvalue weighted by molar-refractivity contribution is -0.130. The lowest BCUT2D eigenvalue weighted by atomic mass is 10.1. The van der Waals surface area contributed by atoms with Crippen LogP contribution in [0.2, 0.25) is 0 Å². The van der Waals surface area contributed by atoms with Crippen molar-refractivity contribution in [2.24, 2.45) is 0 Å². The summed E-state index contributed by atoms with van der Waals surface area (Å²) in [7, 11) is 3.97. The van der Waals surface area contributed by atoms with Gasteiger partial charge in [-0.15, -0.1) is 0 Å². The van der Waals surface area contributed by atoms with E-state index in [0.717, 1.165) is 44.0 Å². The van der Waals surface area contributed by atoms with Crippen LogP contribution in [0.1, 0.15) is 31.5 Å². The van der Waals surface area contributed by atoms with E-state index in [2.05, 4.69) is 20.2 Å². The van der Waals surface area contributed by atoms with Gasteiger partial charge in [-0.25, -0.2) is 14.8 Å². The van der Waals surface area contributed by atoms with Crippen LogP contribution >= 0.6 is 0 Å². The molecule has 2 aliphatic rings. The second kappa shape index (κ2) is 6.59. The highest BCUT2D eigenvalue weighted by atomic mass is 16.2. The Hall–Kier alpha value is -2.22. The number of fused-ring (bicyclic) bond motifs is 1. The number of hydrogen-bond donors (Lipinski definition) is 1. The van der Waals surface area contributed by atoms with Gasteiger partial charge in [0.2, 0.25) is 0 Å². The number of rotatable bonds is 5. The molecule has 8 nitrogen and oxygen atoms in total. The van der Waals surface area contributed by atoms with Gasteiger partial charge >= 0.3 is 6.03 Å². The molecule has 0 spiro atoms. The van der Waals surface area contributed by atoms with Crippen LogP contribution in [0.5, 0.6) is 0 Å². The summed E-state index contributed by atoms with van der Waals surface area (Å²) in [5, 5.41) is 2.72. The molecule has 0 unspecified atom stereocenters. The third-order valence-corrected chi connectivity index (χ3v) is 4.78. The molecule has 1 fully saturated rings. The van der Waals surface area contributed by atoms with Crippen molar-refractivity contribution < 1.29 is 9.59 Å². The smallest absolute Gasteiger partial charge is 0.325 e. The lowest BCUT2D eigenvalue weighted by Crippen LogP contribution is -2.40. The average Bonchev–Trinajstić information content (AvgIpc) is 2.75. The van der Waals surface area contributed by atoms with Crippen molar-refractivity contribution in [1.29, 1.82) is 0 Å². The highest BCUT2D eigenvalue weighted by molar-refractivity contribution is 6.06. The van der Waals surface area contributed by atoms with Gasteiger partial charge in [0.05, 0.1) is 5.69 Å². The summed E-state index contributed by atoms with van der Waals surface area (Å²) < 4.78 is 0. The van der Waals surface area contributed by atoms with Gasteiger partial charge in [0, 0.05) is 52.3 Å². The van der Waals surface area contributed by atoms with Crippen molar-refractivity contribution >= 4 is 17.8 Å². The largest absolute Gasteiger partial charge is 0.362 e. The summed E-state index contributed by atoms with van der Waals surface area (Å²) >= 11 is 0. The Morgan fingerprint density at radius 1 is 1.24 bits per heavy atom. The maximum absolute atomic E-state index is 12.2. The van der Waals surface area contributed by atoms with Gasteiger partial charge in [0.25, 0.3) is 5.91 Å². The molecule has 3 amide bonds. The number of hydrogen-bond acceptors (Lipinski definition) is 6. The Morgan fingerprint density at radius 2 is 2.00 bits per heavy atom. The summed E-state index contributed by atoms with van der Waals surface area (Å²) in [6.07, 6.45) is 3.29. The first kappa shape index (κ1) is 17.6. The van der Waals surface area contributed by atoms with E-state index < -0.39 is 5.54 Å². The van der Waals surface area contributed by atoms with Crippen molar-refractivity contribution in [2.75, 3.05) is 38.6 Å². The van der Waals surface area contributed by atoms with Crippen LogP contribution in [0.15, 0.2) is 6.33 Å². The fourth-order valence-electron chi connectivity index (χ4n) is 3.43. The first-order valence-corrected chi connectivity index (χ1v) is 8.66. The number of nitrogens with zero attached hydrogens (tertiary/aromatic N) is 5. The molecule has 25 heavy (non-hydrogen) atoms. The fraction of sp³-hybridized carbons (Fsp3) is 0.647. The Balaban J connectivity index is 1.58. The molecule has 0 atom stereocenters. The number of nitrogens with one attached hydrogen (secondary N) is 1. The summed E-state index contributed by atoms with van der Waals surface area (Å²) in [5.41, 5.74) is 1.50. The zero-order valence-corrected chi connectivity index (χ0v) is 15.4. The van der Waals surface area contributed by atoms with E-state index in [9.17, 15) is 9.59 Å². The third kappa shape index (κ3) is 3.44. The fourth-order valence-corrected chi connectivity index (χ4v) is 3.43. The maximum atomic E-state index is 12.2. The van der Waals surface area contributed by atoms with Gasteiger partial charge in [-0.2, -0.15) is 0 Å². The molecule has 0 saturated carbocycles. The zero-order valence-electron chi connectivity index (χ0n) is 15.4. The molecule has 3 rings (SSSR count). The van der Waals surface area contributed by atoms with Crippen LogP contribution in [-0.2, 0) is 17.8 Å². The molecule has 1 saturated heterocycles. The highest BCUT2D eigenvalue weighted by Crippen LogP contribution is 2.24. The van der Waals surface area contributed by atoms with Crippen LogP contribution < -0.4 is 10.2 Å². The molecule has 1 aromatic heterocycles. The highest BCUT2D eigenvalue weighted by Gasteiger charge is 2.43. The molecule has 0 radical (unpaired) electrons. The van der Waals surface area contributed by atoms with Gasteiger partial charge in [-0.1, -0.05) is 0 Å². The molecular weight excluding hydrogens is 320 g/mol. The Bertz CT molecular complexity index is 688. The van der Waals surface area contributed by atoms with Crippen molar-refractivity contribution in [3.63, 3.8) is 0 Å². The molecule has 136 valence electrons. The second-order valence-electron chi connectivity index (χ2n) is 7.41. The monoisotopic (exact) mass is 346 g/mol. The standard InChI is InChI=1S/C17H26N6O2/c1-17(2)15(24)23(16(25)20-17)8-5-7-22-9-6-13-12(10-22)14(21(3)4)19-11-18-13/h11H,5-10H2,1-4H3,(H,20,25). The van der Waals surface area contributed by atoms with Crippen LogP contribution in [0.4, 0.5) is 10.6 Å². The Labute approximate surface area is 148 Å². The van der Waals surface area contributed by atoms with E-state index in [4.69, 9.17) is 0 Å². The number of anilines is 1. The van der Waals surface area contributed by atoms with Gasteiger partial charge in [-0.05, 0) is 20.3 Å². The topological polar surface area (TPSA) is 81.7 Å². The van der Waals surface area contributed by atoms with Crippen molar-refractivity contribution in [1.82, 2.24) is 25.1 Å². The number of carbonyl (C=O) groups is 2. The molecule has 1 aromatic rings. The van der Waals surface area contributed by atoms with E-state index in [1.807, 2.05) is 19.0 Å². The number of carbonyl (C=O) groups excluding carboxylic acids is 2. The molecule has 8 heteroatoms. The van der Waals surface area contributed by atoms with E-state index in [0.29, 0.717) is 6.54 Å². The molecule has 0 aromatic carbocycles. The third-order valence-electron chi connectivity index (χ3n) is 4.78. The van der Waals surface area contributed by atoms with Gasteiger partial charge in [0.1, 0.15) is 17.7 Å². The van der Waals surface area contributed by atoms with E-state index in [1.165, 1.54) is 10.5 Å².